The monoisotopic (exact) mass is 444 g/mol. The molecule has 1 amide bonds. The summed E-state index contributed by atoms with van der Waals surface area (Å²) in [7, 11) is -3.92. The number of carbonyl (C=O) groups excluding carboxylic acids is 1. The van der Waals surface area contributed by atoms with Crippen molar-refractivity contribution in [2.24, 2.45) is 0 Å². The maximum atomic E-state index is 13.1. The van der Waals surface area contributed by atoms with Crippen LogP contribution in [0.3, 0.4) is 0 Å². The molecule has 0 aliphatic heterocycles. The number of nitrogens with one attached hydrogen (secondary N) is 1. The highest BCUT2D eigenvalue weighted by Crippen LogP contribution is 2.25. The van der Waals surface area contributed by atoms with E-state index in [-0.39, 0.29) is 31.1 Å². The third-order valence-corrected chi connectivity index (χ3v) is 6.52. The zero-order valence-corrected chi connectivity index (χ0v) is 17.7. The number of rotatable bonds is 9. The molecule has 2 N–H and O–H groups in total. The van der Waals surface area contributed by atoms with Gasteiger partial charge in [0.2, 0.25) is 15.9 Å². The van der Waals surface area contributed by atoms with Gasteiger partial charge in [0, 0.05) is 19.7 Å². The minimum Gasteiger partial charge on any atom is -0.396 e. The van der Waals surface area contributed by atoms with Crippen LogP contribution < -0.4 is 5.32 Å². The quantitative estimate of drug-likeness (QED) is 0.581. The Morgan fingerprint density at radius 1 is 1.11 bits per heavy atom. The Bertz CT molecular complexity index is 918. The minimum atomic E-state index is -3.92. The van der Waals surface area contributed by atoms with Crippen LogP contribution in [-0.2, 0) is 21.4 Å². The first-order valence-electron chi connectivity index (χ1n) is 8.62. The molecular formula is C19H22Cl2N2O4S. The van der Waals surface area contributed by atoms with E-state index in [1.165, 1.54) is 12.1 Å². The van der Waals surface area contributed by atoms with Crippen molar-refractivity contribution in [2.75, 3.05) is 19.7 Å². The first-order valence-corrected chi connectivity index (χ1v) is 10.8. The molecule has 0 aliphatic rings. The average molecular weight is 445 g/mol. The summed E-state index contributed by atoms with van der Waals surface area (Å²) >= 11 is 12.0. The number of benzene rings is 2. The molecule has 0 heterocycles. The van der Waals surface area contributed by atoms with Gasteiger partial charge in [-0.05, 0) is 43.2 Å². The number of aliphatic hydroxyl groups excluding tert-OH is 1. The molecule has 6 nitrogen and oxygen atoms in total. The second kappa shape index (κ2) is 10.2. The molecule has 2 aromatic carbocycles. The van der Waals surface area contributed by atoms with Crippen molar-refractivity contribution in [3.8, 4) is 0 Å². The Hall–Kier alpha value is -1.64. The summed E-state index contributed by atoms with van der Waals surface area (Å²) in [5, 5.41) is 12.1. The number of sulfonamides is 1. The van der Waals surface area contributed by atoms with Gasteiger partial charge in [0.1, 0.15) is 0 Å². The number of aryl methyl sites for hydroxylation is 1. The molecule has 0 spiro atoms. The van der Waals surface area contributed by atoms with Crippen molar-refractivity contribution >= 4 is 39.1 Å². The second-order valence-corrected chi connectivity index (χ2v) is 9.01. The van der Waals surface area contributed by atoms with Gasteiger partial charge in [-0.15, -0.1) is 0 Å². The normalized spacial score (nSPS) is 11.6. The van der Waals surface area contributed by atoms with E-state index in [0.29, 0.717) is 22.0 Å². The lowest BCUT2D eigenvalue weighted by molar-refractivity contribution is -0.121. The molecule has 0 radical (unpaired) electrons. The molecule has 0 saturated heterocycles. The second-order valence-electron chi connectivity index (χ2n) is 6.26. The molecule has 0 unspecified atom stereocenters. The molecule has 0 aromatic heterocycles. The first-order chi connectivity index (χ1) is 13.2. The van der Waals surface area contributed by atoms with Gasteiger partial charge < -0.3 is 10.4 Å². The fourth-order valence-electron chi connectivity index (χ4n) is 2.45. The summed E-state index contributed by atoms with van der Waals surface area (Å²) in [5.41, 5.74) is 1.53. The van der Waals surface area contributed by atoms with Crippen molar-refractivity contribution in [3.63, 3.8) is 0 Å². The van der Waals surface area contributed by atoms with E-state index >= 15 is 0 Å². The molecular weight excluding hydrogens is 423 g/mol. The zero-order valence-electron chi connectivity index (χ0n) is 15.4. The van der Waals surface area contributed by atoms with Gasteiger partial charge in [-0.3, -0.25) is 4.79 Å². The Morgan fingerprint density at radius 3 is 2.39 bits per heavy atom. The molecule has 9 heteroatoms. The lowest BCUT2D eigenvalue weighted by Crippen LogP contribution is -2.40. The number of amides is 1. The molecule has 2 rings (SSSR count). The van der Waals surface area contributed by atoms with Crippen LogP contribution in [0.5, 0.6) is 0 Å². The number of hydrogen-bond donors (Lipinski definition) is 2. The fraction of sp³-hybridized carbons (Fsp3) is 0.316. The van der Waals surface area contributed by atoms with Crippen LogP contribution in [0.4, 0.5) is 0 Å². The van der Waals surface area contributed by atoms with E-state index in [1.54, 1.807) is 30.3 Å². The van der Waals surface area contributed by atoms with E-state index < -0.39 is 15.9 Å². The van der Waals surface area contributed by atoms with Crippen LogP contribution in [-0.4, -0.2) is 43.4 Å². The van der Waals surface area contributed by atoms with Crippen LogP contribution in [0.2, 0.25) is 10.0 Å². The largest absolute Gasteiger partial charge is 0.396 e. The summed E-state index contributed by atoms with van der Waals surface area (Å²) in [6.45, 7) is 1.66. The Morgan fingerprint density at radius 2 is 1.79 bits per heavy atom. The van der Waals surface area contributed by atoms with Gasteiger partial charge in [0.25, 0.3) is 0 Å². The third kappa shape index (κ3) is 6.18. The summed E-state index contributed by atoms with van der Waals surface area (Å²) in [6, 6.07) is 11.2. The predicted octanol–water partition coefficient (Wildman–Crippen LogP) is 2.99. The SMILES string of the molecule is Cc1ccc(S(=O)(=O)N(CC(=O)NCCCO)Cc2ccc(Cl)c(Cl)c2)cc1. The number of hydrogen-bond acceptors (Lipinski definition) is 4. The van der Waals surface area contributed by atoms with E-state index in [9.17, 15) is 13.2 Å². The number of nitrogens with zero attached hydrogens (tertiary/aromatic N) is 1. The Kier molecular flexibility index (Phi) is 8.27. The standard InChI is InChI=1S/C19H22Cl2N2O4S/c1-14-3-6-16(7-4-14)28(26,27)23(13-19(25)22-9-2-10-24)12-15-5-8-17(20)18(21)11-15/h3-8,11,24H,2,9-10,12-13H2,1H3,(H,22,25). The van der Waals surface area contributed by atoms with Gasteiger partial charge in [0.05, 0.1) is 21.5 Å². The van der Waals surface area contributed by atoms with Crippen LogP contribution in [0.25, 0.3) is 0 Å². The minimum absolute atomic E-state index is 0.0412. The highest BCUT2D eigenvalue weighted by Gasteiger charge is 2.27. The molecule has 0 aliphatic carbocycles. The van der Waals surface area contributed by atoms with Crippen LogP contribution in [0, 0.1) is 6.92 Å². The number of aliphatic hydroxyl groups is 1. The van der Waals surface area contributed by atoms with Crippen LogP contribution in [0.1, 0.15) is 17.5 Å². The molecule has 152 valence electrons. The lowest BCUT2D eigenvalue weighted by Gasteiger charge is -2.22. The van der Waals surface area contributed by atoms with Crippen molar-refractivity contribution in [3.05, 3.63) is 63.6 Å². The van der Waals surface area contributed by atoms with Crippen molar-refractivity contribution in [1.29, 1.82) is 0 Å². The summed E-state index contributed by atoms with van der Waals surface area (Å²) in [4.78, 5) is 12.3. The average Bonchev–Trinajstić information content (AvgIpc) is 2.64. The number of halogens is 2. The lowest BCUT2D eigenvalue weighted by atomic mass is 10.2. The Labute approximate surface area is 175 Å². The molecule has 0 bridgehead atoms. The maximum absolute atomic E-state index is 13.1. The Balaban J connectivity index is 2.30. The fourth-order valence-corrected chi connectivity index (χ4v) is 4.15. The van der Waals surface area contributed by atoms with E-state index in [1.807, 2.05) is 6.92 Å². The molecule has 2 aromatic rings. The zero-order chi connectivity index (χ0) is 20.7. The van der Waals surface area contributed by atoms with Gasteiger partial charge in [-0.25, -0.2) is 8.42 Å². The molecule has 28 heavy (non-hydrogen) atoms. The maximum Gasteiger partial charge on any atom is 0.243 e. The van der Waals surface area contributed by atoms with Gasteiger partial charge in [0.15, 0.2) is 0 Å². The summed E-state index contributed by atoms with van der Waals surface area (Å²) < 4.78 is 27.3. The van der Waals surface area contributed by atoms with Crippen molar-refractivity contribution < 1.29 is 18.3 Å². The van der Waals surface area contributed by atoms with Gasteiger partial charge >= 0.3 is 0 Å². The molecule has 0 atom stereocenters. The van der Waals surface area contributed by atoms with E-state index in [0.717, 1.165) is 9.87 Å². The summed E-state index contributed by atoms with van der Waals surface area (Å²) in [5.74, 6) is -0.454. The summed E-state index contributed by atoms with van der Waals surface area (Å²) in [6.07, 6.45) is 0.392. The van der Waals surface area contributed by atoms with E-state index in [2.05, 4.69) is 5.32 Å². The number of carbonyl (C=O) groups is 1. The van der Waals surface area contributed by atoms with Crippen molar-refractivity contribution in [1.82, 2.24) is 9.62 Å². The topological polar surface area (TPSA) is 86.7 Å². The predicted molar refractivity (Wildman–Crippen MR) is 110 cm³/mol. The molecule has 0 saturated carbocycles. The van der Waals surface area contributed by atoms with E-state index in [4.69, 9.17) is 28.3 Å². The highest BCUT2D eigenvalue weighted by molar-refractivity contribution is 7.89. The first kappa shape index (κ1) is 22.6. The van der Waals surface area contributed by atoms with Gasteiger partial charge in [-0.1, -0.05) is 47.0 Å². The van der Waals surface area contributed by atoms with Crippen LogP contribution in [0.15, 0.2) is 47.4 Å². The highest BCUT2D eigenvalue weighted by atomic mass is 35.5. The van der Waals surface area contributed by atoms with Crippen LogP contribution >= 0.6 is 23.2 Å². The van der Waals surface area contributed by atoms with Crippen molar-refractivity contribution in [2.45, 2.75) is 24.8 Å². The molecule has 0 fully saturated rings. The third-order valence-electron chi connectivity index (χ3n) is 3.98. The van der Waals surface area contributed by atoms with Gasteiger partial charge in [-0.2, -0.15) is 4.31 Å². The smallest absolute Gasteiger partial charge is 0.243 e.